The highest BCUT2D eigenvalue weighted by atomic mass is 15.0. The lowest BCUT2D eigenvalue weighted by Crippen LogP contribution is -2.55. The Labute approximate surface area is 132 Å². The Balaban J connectivity index is 1.86. The van der Waals surface area contributed by atoms with E-state index in [1.54, 1.807) is 5.57 Å². The minimum absolute atomic E-state index is 0.183. The van der Waals surface area contributed by atoms with Gasteiger partial charge in [-0.1, -0.05) is 29.8 Å². The predicted octanol–water partition coefficient (Wildman–Crippen LogP) is 4.63. The molecule has 0 saturated carbocycles. The van der Waals surface area contributed by atoms with Crippen LogP contribution in [0, 0.1) is 11.8 Å². The molecule has 2 heterocycles. The predicted molar refractivity (Wildman–Crippen MR) is 91.7 cm³/mol. The maximum absolute atomic E-state index is 4.53. The molecule has 2 aliphatic rings. The average Bonchev–Trinajstić information content (AvgIpc) is 2.52. The van der Waals surface area contributed by atoms with Crippen molar-refractivity contribution >= 4 is 10.9 Å². The number of benzene rings is 1. The van der Waals surface area contributed by atoms with E-state index in [1.807, 2.05) is 6.20 Å². The van der Waals surface area contributed by atoms with Crippen LogP contribution in [0.2, 0.25) is 0 Å². The number of para-hydroxylation sites is 1. The van der Waals surface area contributed by atoms with Crippen LogP contribution in [-0.4, -0.2) is 10.5 Å². The molecule has 0 spiro atoms. The van der Waals surface area contributed by atoms with Crippen molar-refractivity contribution in [2.75, 3.05) is 0 Å². The molecule has 1 fully saturated rings. The highest BCUT2D eigenvalue weighted by Crippen LogP contribution is 2.47. The summed E-state index contributed by atoms with van der Waals surface area (Å²) in [5.41, 5.74) is 4.23. The molecule has 1 aliphatic heterocycles. The van der Waals surface area contributed by atoms with E-state index in [0.717, 1.165) is 11.4 Å². The van der Waals surface area contributed by atoms with Crippen molar-refractivity contribution in [3.05, 3.63) is 53.7 Å². The Bertz CT molecular complexity index is 739. The van der Waals surface area contributed by atoms with Gasteiger partial charge in [0.05, 0.1) is 5.52 Å². The molecule has 22 heavy (non-hydrogen) atoms. The lowest BCUT2D eigenvalue weighted by molar-refractivity contribution is 0.110. The number of fused-ring (bicyclic) bond motifs is 3. The van der Waals surface area contributed by atoms with Crippen molar-refractivity contribution in [1.29, 1.82) is 0 Å². The van der Waals surface area contributed by atoms with Crippen LogP contribution in [-0.2, 0) is 0 Å². The van der Waals surface area contributed by atoms with Gasteiger partial charge in [0.25, 0.3) is 0 Å². The van der Waals surface area contributed by atoms with Gasteiger partial charge in [-0.2, -0.15) is 0 Å². The van der Waals surface area contributed by atoms with Gasteiger partial charge in [-0.05, 0) is 63.1 Å². The molecule has 114 valence electrons. The summed E-state index contributed by atoms with van der Waals surface area (Å²) in [4.78, 5) is 4.53. The maximum atomic E-state index is 4.53. The second kappa shape index (κ2) is 4.92. The molecule has 1 aliphatic carbocycles. The van der Waals surface area contributed by atoms with Crippen LogP contribution in [0.1, 0.15) is 45.2 Å². The second-order valence-corrected chi connectivity index (χ2v) is 7.48. The number of pyridine rings is 1. The summed E-state index contributed by atoms with van der Waals surface area (Å²) in [5, 5.41) is 5.25. The molecule has 1 saturated heterocycles. The molecule has 2 aromatic rings. The summed E-state index contributed by atoms with van der Waals surface area (Å²) in [6.07, 6.45) is 6.94. The van der Waals surface area contributed by atoms with Gasteiger partial charge in [-0.25, -0.2) is 0 Å². The van der Waals surface area contributed by atoms with Crippen molar-refractivity contribution in [2.24, 2.45) is 11.8 Å². The summed E-state index contributed by atoms with van der Waals surface area (Å²) in [6.45, 7) is 7.02. The fourth-order valence-corrected chi connectivity index (χ4v) is 4.36. The largest absolute Gasteiger partial charge is 0.304 e. The van der Waals surface area contributed by atoms with Gasteiger partial charge in [0, 0.05) is 23.2 Å². The number of hydrogen-bond acceptors (Lipinski definition) is 2. The van der Waals surface area contributed by atoms with Gasteiger partial charge in [0.1, 0.15) is 0 Å². The zero-order chi connectivity index (χ0) is 15.3. The van der Waals surface area contributed by atoms with Gasteiger partial charge < -0.3 is 5.32 Å². The van der Waals surface area contributed by atoms with Crippen molar-refractivity contribution in [3.63, 3.8) is 0 Å². The Morgan fingerprint density at radius 3 is 2.86 bits per heavy atom. The van der Waals surface area contributed by atoms with Crippen LogP contribution in [0.4, 0.5) is 0 Å². The smallest absolute Gasteiger partial charge is 0.0705 e. The standard InChI is InChI=1S/C20H24N2/c1-13-8-9-14-12-17(13)19(22-20(14,2)3)16-10-11-21-18-7-5-4-6-15(16)18/h4-8,10-11,14,17,19,22H,9,12H2,1-3H3. The molecule has 1 aromatic heterocycles. The van der Waals surface area contributed by atoms with Crippen molar-refractivity contribution < 1.29 is 0 Å². The Kier molecular flexibility index (Phi) is 3.12. The molecule has 2 bridgehead atoms. The van der Waals surface area contributed by atoms with Crippen LogP contribution in [0.5, 0.6) is 0 Å². The van der Waals surface area contributed by atoms with Gasteiger partial charge >= 0.3 is 0 Å². The molecule has 1 N–H and O–H groups in total. The Morgan fingerprint density at radius 2 is 2.00 bits per heavy atom. The average molecular weight is 292 g/mol. The van der Waals surface area contributed by atoms with Crippen LogP contribution in [0.3, 0.4) is 0 Å². The minimum atomic E-state index is 0.183. The highest BCUT2D eigenvalue weighted by molar-refractivity contribution is 5.82. The van der Waals surface area contributed by atoms with E-state index in [9.17, 15) is 0 Å². The van der Waals surface area contributed by atoms with Crippen molar-refractivity contribution in [2.45, 2.75) is 45.2 Å². The molecule has 1 aromatic carbocycles. The van der Waals surface area contributed by atoms with Crippen LogP contribution in [0.25, 0.3) is 10.9 Å². The quantitative estimate of drug-likeness (QED) is 0.775. The van der Waals surface area contributed by atoms with Crippen LogP contribution >= 0.6 is 0 Å². The van der Waals surface area contributed by atoms with Gasteiger partial charge in [-0.15, -0.1) is 0 Å². The van der Waals surface area contributed by atoms with Gasteiger partial charge in [0.15, 0.2) is 0 Å². The zero-order valence-electron chi connectivity index (χ0n) is 13.6. The number of nitrogens with zero attached hydrogens (tertiary/aromatic N) is 1. The number of hydrogen-bond donors (Lipinski definition) is 1. The molecular weight excluding hydrogens is 268 g/mol. The summed E-state index contributed by atoms with van der Waals surface area (Å²) in [7, 11) is 0. The number of aromatic nitrogens is 1. The first-order valence-electron chi connectivity index (χ1n) is 8.34. The maximum Gasteiger partial charge on any atom is 0.0705 e. The number of allylic oxidation sites excluding steroid dienone is 1. The van der Waals surface area contributed by atoms with Gasteiger partial charge in [-0.3, -0.25) is 4.98 Å². The summed E-state index contributed by atoms with van der Waals surface area (Å²) >= 11 is 0. The van der Waals surface area contributed by atoms with E-state index >= 15 is 0 Å². The third-order valence-electron chi connectivity index (χ3n) is 5.82. The molecule has 0 radical (unpaired) electrons. The van der Waals surface area contributed by atoms with E-state index < -0.39 is 0 Å². The first-order chi connectivity index (χ1) is 10.6. The minimum Gasteiger partial charge on any atom is -0.304 e. The summed E-state index contributed by atoms with van der Waals surface area (Å²) in [6, 6.07) is 11.1. The van der Waals surface area contributed by atoms with E-state index in [-0.39, 0.29) is 5.54 Å². The lowest BCUT2D eigenvalue weighted by Gasteiger charge is -2.50. The lowest BCUT2D eigenvalue weighted by atomic mass is 9.65. The van der Waals surface area contributed by atoms with E-state index in [0.29, 0.717) is 12.0 Å². The van der Waals surface area contributed by atoms with Crippen LogP contribution in [0.15, 0.2) is 48.2 Å². The van der Waals surface area contributed by atoms with Crippen molar-refractivity contribution in [1.82, 2.24) is 10.3 Å². The SMILES string of the molecule is CC1=CCC2CC1C(c1ccnc3ccccc13)NC2(C)C. The molecule has 3 unspecified atom stereocenters. The monoisotopic (exact) mass is 292 g/mol. The van der Waals surface area contributed by atoms with E-state index in [4.69, 9.17) is 0 Å². The molecule has 4 rings (SSSR count). The van der Waals surface area contributed by atoms with Crippen LogP contribution < -0.4 is 5.32 Å². The fourth-order valence-electron chi connectivity index (χ4n) is 4.36. The third kappa shape index (κ3) is 2.09. The molecule has 2 nitrogen and oxygen atoms in total. The Hall–Kier alpha value is -1.67. The molecular formula is C20H24N2. The van der Waals surface area contributed by atoms with E-state index in [2.05, 4.69) is 67.5 Å². The number of nitrogens with one attached hydrogen (secondary N) is 1. The molecule has 2 heteroatoms. The zero-order valence-corrected chi connectivity index (χ0v) is 13.6. The van der Waals surface area contributed by atoms with Crippen molar-refractivity contribution in [3.8, 4) is 0 Å². The topological polar surface area (TPSA) is 24.9 Å². The summed E-state index contributed by atoms with van der Waals surface area (Å²) < 4.78 is 0. The normalized spacial score (nSPS) is 30.1. The van der Waals surface area contributed by atoms with E-state index in [1.165, 1.54) is 23.8 Å². The fraction of sp³-hybridized carbons (Fsp3) is 0.450. The molecule has 3 atom stereocenters. The second-order valence-electron chi connectivity index (χ2n) is 7.48. The first kappa shape index (κ1) is 14.0. The summed E-state index contributed by atoms with van der Waals surface area (Å²) in [5.74, 6) is 1.35. The van der Waals surface area contributed by atoms with Gasteiger partial charge in [0.2, 0.25) is 0 Å². The highest BCUT2D eigenvalue weighted by Gasteiger charge is 2.44. The Morgan fingerprint density at radius 1 is 1.18 bits per heavy atom. The molecule has 0 amide bonds. The number of piperidine rings is 1. The third-order valence-corrected chi connectivity index (χ3v) is 5.82. The first-order valence-corrected chi connectivity index (χ1v) is 8.34. The number of rotatable bonds is 1.